The molecule has 1 amide bonds. The molecule has 3 rings (SSSR count). The molecule has 1 aromatic carbocycles. The lowest BCUT2D eigenvalue weighted by atomic mass is 9.87. The Morgan fingerprint density at radius 2 is 1.73 bits per heavy atom. The number of pyridine rings is 1. The molecule has 1 saturated carbocycles. The summed E-state index contributed by atoms with van der Waals surface area (Å²) in [5.74, 6) is -2.17. The van der Waals surface area contributed by atoms with Gasteiger partial charge in [0.1, 0.15) is 0 Å². The first-order valence-corrected chi connectivity index (χ1v) is 13.1. The van der Waals surface area contributed by atoms with Gasteiger partial charge in [-0.25, -0.2) is 0 Å². The lowest BCUT2D eigenvalue weighted by molar-refractivity contribution is -0.138. The van der Waals surface area contributed by atoms with E-state index in [-0.39, 0.29) is 24.2 Å². The van der Waals surface area contributed by atoms with Crippen LogP contribution in [0.2, 0.25) is 0 Å². The highest BCUT2D eigenvalue weighted by molar-refractivity contribution is 6.17. The first-order valence-electron chi connectivity index (χ1n) is 13.1. The first-order chi connectivity index (χ1) is 17.6. The van der Waals surface area contributed by atoms with Crippen molar-refractivity contribution in [2.45, 2.75) is 76.9 Å². The Morgan fingerprint density at radius 1 is 1.00 bits per heavy atom. The zero-order valence-electron chi connectivity index (χ0n) is 21.7. The summed E-state index contributed by atoms with van der Waals surface area (Å²) in [6.45, 7) is 3.88. The number of hydrogen-bond donors (Lipinski definition) is 3. The van der Waals surface area contributed by atoms with Crippen LogP contribution in [0.4, 0.5) is 0 Å². The van der Waals surface area contributed by atoms with E-state index < -0.39 is 35.5 Å². The number of hydrogen-bond acceptors (Lipinski definition) is 7. The van der Waals surface area contributed by atoms with E-state index in [4.69, 9.17) is 11.5 Å². The molecule has 0 radical (unpaired) electrons. The van der Waals surface area contributed by atoms with Crippen molar-refractivity contribution in [1.82, 2.24) is 10.3 Å². The van der Waals surface area contributed by atoms with Gasteiger partial charge in [0.05, 0.1) is 18.2 Å². The third-order valence-electron chi connectivity index (χ3n) is 6.90. The maximum atomic E-state index is 13.1. The van der Waals surface area contributed by atoms with Crippen LogP contribution in [0, 0.1) is 11.8 Å². The Bertz CT molecular complexity index is 1110. The van der Waals surface area contributed by atoms with Gasteiger partial charge in [0, 0.05) is 24.1 Å². The zero-order valence-corrected chi connectivity index (χ0v) is 21.7. The smallest absolute Gasteiger partial charge is 0.223 e. The van der Waals surface area contributed by atoms with Crippen molar-refractivity contribution in [3.05, 3.63) is 54.2 Å². The van der Waals surface area contributed by atoms with Gasteiger partial charge in [-0.1, -0.05) is 57.4 Å². The van der Waals surface area contributed by atoms with Crippen LogP contribution in [-0.4, -0.2) is 39.9 Å². The highest BCUT2D eigenvalue weighted by Crippen LogP contribution is 2.24. The minimum absolute atomic E-state index is 0.113. The lowest BCUT2D eigenvalue weighted by Gasteiger charge is -2.26. The number of carbonyl (C=O) groups excluding carboxylic acids is 4. The Kier molecular flexibility index (Phi) is 9.83. The molecule has 0 spiro atoms. The molecule has 37 heavy (non-hydrogen) atoms. The Morgan fingerprint density at radius 3 is 2.38 bits per heavy atom. The maximum absolute atomic E-state index is 13.1. The highest BCUT2D eigenvalue weighted by Gasteiger charge is 2.39. The van der Waals surface area contributed by atoms with Crippen LogP contribution in [0.25, 0.3) is 11.3 Å². The Hall–Kier alpha value is -3.23. The SMILES string of the molecule is CC(C)C[C@H](NC(=O)C1CCCCC1)C(=O)CC(=O)C(N)(N)C(=O)Cc1cccc(-c2ccccn2)c1. The summed E-state index contributed by atoms with van der Waals surface area (Å²) in [6.07, 6.45) is 6.00. The first kappa shape index (κ1) is 28.3. The van der Waals surface area contributed by atoms with Gasteiger partial charge in [-0.3, -0.25) is 24.2 Å². The fourth-order valence-corrected chi connectivity index (χ4v) is 4.69. The number of nitrogens with two attached hydrogens (primary N) is 2. The number of nitrogens with one attached hydrogen (secondary N) is 1. The van der Waals surface area contributed by atoms with Crippen molar-refractivity contribution in [3.63, 3.8) is 0 Å². The quantitative estimate of drug-likeness (QED) is 0.296. The number of Topliss-reactive ketones (excluding diaryl/α,β-unsaturated/α-hetero) is 3. The van der Waals surface area contributed by atoms with Gasteiger partial charge >= 0.3 is 0 Å². The topological polar surface area (TPSA) is 145 Å². The van der Waals surface area contributed by atoms with Gasteiger partial charge in [0.2, 0.25) is 5.91 Å². The highest BCUT2D eigenvalue weighted by atomic mass is 16.2. The number of aromatic nitrogens is 1. The fraction of sp³-hybridized carbons (Fsp3) is 0.483. The second kappa shape index (κ2) is 12.8. The van der Waals surface area contributed by atoms with Crippen LogP contribution in [0.15, 0.2) is 48.7 Å². The second-order valence-corrected chi connectivity index (χ2v) is 10.5. The molecular formula is C29H38N4O4. The summed E-state index contributed by atoms with van der Waals surface area (Å²) in [5, 5.41) is 2.85. The Balaban J connectivity index is 1.65. The molecule has 5 N–H and O–H groups in total. The second-order valence-electron chi connectivity index (χ2n) is 10.5. The summed E-state index contributed by atoms with van der Waals surface area (Å²) in [5.41, 5.74) is 11.9. The van der Waals surface area contributed by atoms with Gasteiger partial charge in [-0.15, -0.1) is 0 Å². The molecule has 0 saturated heterocycles. The van der Waals surface area contributed by atoms with Crippen LogP contribution >= 0.6 is 0 Å². The van der Waals surface area contributed by atoms with E-state index >= 15 is 0 Å². The van der Waals surface area contributed by atoms with Crippen LogP contribution in [0.1, 0.15) is 64.4 Å². The molecule has 0 aliphatic heterocycles. The molecule has 1 aliphatic rings. The van der Waals surface area contributed by atoms with Gasteiger partial charge in [0.25, 0.3) is 0 Å². The van der Waals surface area contributed by atoms with Gasteiger partial charge in [-0.2, -0.15) is 0 Å². The van der Waals surface area contributed by atoms with Gasteiger partial charge < -0.3 is 16.8 Å². The number of nitrogens with zero attached hydrogens (tertiary/aromatic N) is 1. The Labute approximate surface area is 218 Å². The minimum Gasteiger partial charge on any atom is -0.346 e. The number of benzene rings is 1. The van der Waals surface area contributed by atoms with Crippen LogP contribution in [-0.2, 0) is 25.6 Å². The third-order valence-corrected chi connectivity index (χ3v) is 6.90. The van der Waals surface area contributed by atoms with Crippen LogP contribution in [0.3, 0.4) is 0 Å². The lowest BCUT2D eigenvalue weighted by Crippen LogP contribution is -2.63. The standard InChI is InChI=1S/C29H38N4O4/c1-19(2)15-24(33-28(37)21-10-4-3-5-11-21)25(34)18-27(36)29(30,31)26(35)17-20-9-8-12-22(16-20)23-13-6-7-14-32-23/h6-9,12-14,16,19,21,24H,3-5,10-11,15,17-18,30-31H2,1-2H3,(H,33,37)/t24-/m0/s1. The molecule has 1 fully saturated rings. The fourth-order valence-electron chi connectivity index (χ4n) is 4.69. The van der Waals surface area contributed by atoms with E-state index in [9.17, 15) is 19.2 Å². The summed E-state index contributed by atoms with van der Waals surface area (Å²) in [6, 6.07) is 11.9. The molecule has 198 valence electrons. The van der Waals surface area contributed by atoms with Gasteiger partial charge in [-0.05, 0) is 48.9 Å². The summed E-state index contributed by atoms with van der Waals surface area (Å²) in [4.78, 5) is 56.1. The predicted octanol–water partition coefficient (Wildman–Crippen LogP) is 3.11. The molecule has 0 unspecified atom stereocenters. The number of amides is 1. The molecular weight excluding hydrogens is 468 g/mol. The number of rotatable bonds is 12. The number of ketones is 3. The predicted molar refractivity (Wildman–Crippen MR) is 142 cm³/mol. The van der Waals surface area contributed by atoms with Crippen molar-refractivity contribution in [2.75, 3.05) is 0 Å². The van der Waals surface area contributed by atoms with Crippen LogP contribution in [0.5, 0.6) is 0 Å². The van der Waals surface area contributed by atoms with Gasteiger partial charge in [0.15, 0.2) is 23.0 Å². The minimum atomic E-state index is -2.31. The van der Waals surface area contributed by atoms with Crippen molar-refractivity contribution in [1.29, 1.82) is 0 Å². The molecule has 0 bridgehead atoms. The molecule has 2 aromatic rings. The average Bonchev–Trinajstić information content (AvgIpc) is 2.89. The van der Waals surface area contributed by atoms with E-state index in [2.05, 4.69) is 10.3 Å². The van der Waals surface area contributed by atoms with E-state index in [0.29, 0.717) is 12.0 Å². The summed E-state index contributed by atoms with van der Waals surface area (Å²) >= 11 is 0. The average molecular weight is 507 g/mol. The maximum Gasteiger partial charge on any atom is 0.223 e. The third kappa shape index (κ3) is 7.87. The molecule has 1 heterocycles. The molecule has 1 aliphatic carbocycles. The van der Waals surface area contributed by atoms with Crippen molar-refractivity contribution in [3.8, 4) is 11.3 Å². The summed E-state index contributed by atoms with van der Waals surface area (Å²) < 4.78 is 0. The normalized spacial score (nSPS) is 15.3. The largest absolute Gasteiger partial charge is 0.346 e. The summed E-state index contributed by atoms with van der Waals surface area (Å²) in [7, 11) is 0. The zero-order chi connectivity index (χ0) is 27.0. The monoisotopic (exact) mass is 506 g/mol. The number of carbonyl (C=O) groups is 4. The molecule has 1 aromatic heterocycles. The van der Waals surface area contributed by atoms with E-state index in [1.54, 1.807) is 24.4 Å². The molecule has 1 atom stereocenters. The van der Waals surface area contributed by atoms with Crippen molar-refractivity contribution in [2.24, 2.45) is 23.3 Å². The van der Waals surface area contributed by atoms with E-state index in [0.717, 1.165) is 43.4 Å². The molecule has 8 nitrogen and oxygen atoms in total. The van der Waals surface area contributed by atoms with Crippen molar-refractivity contribution < 1.29 is 19.2 Å². The van der Waals surface area contributed by atoms with Crippen LogP contribution < -0.4 is 16.8 Å². The van der Waals surface area contributed by atoms with E-state index in [1.807, 2.05) is 38.1 Å². The van der Waals surface area contributed by atoms with Crippen molar-refractivity contribution >= 4 is 23.3 Å². The van der Waals surface area contributed by atoms with E-state index in [1.165, 1.54) is 0 Å². The molecule has 8 heteroatoms.